The first-order valence-electron chi connectivity index (χ1n) is 10.5. The number of piperidine rings is 1. The monoisotopic (exact) mass is 374 g/mol. The molecule has 2 N–H and O–H groups in total. The van der Waals surface area contributed by atoms with Crippen LogP contribution >= 0.6 is 0 Å². The molecule has 5 nitrogen and oxygen atoms in total. The van der Waals surface area contributed by atoms with E-state index >= 15 is 0 Å². The van der Waals surface area contributed by atoms with Crippen molar-refractivity contribution in [2.75, 3.05) is 46.9 Å². The predicted octanol–water partition coefficient (Wildman–Crippen LogP) is 3.48. The van der Waals surface area contributed by atoms with Gasteiger partial charge in [-0.05, 0) is 74.8 Å². The molecule has 5 heteroatoms. The number of ether oxygens (including phenoxy) is 1. The normalized spacial score (nSPS) is 17.6. The zero-order valence-corrected chi connectivity index (χ0v) is 17.6. The van der Waals surface area contributed by atoms with Crippen molar-refractivity contribution in [1.82, 2.24) is 15.5 Å². The second-order valence-corrected chi connectivity index (χ2v) is 7.55. The van der Waals surface area contributed by atoms with Gasteiger partial charge in [0.05, 0.1) is 7.11 Å². The first kappa shape index (κ1) is 21.5. The van der Waals surface area contributed by atoms with Crippen molar-refractivity contribution >= 4 is 5.96 Å². The number of hydrogen-bond donors (Lipinski definition) is 2. The van der Waals surface area contributed by atoms with Gasteiger partial charge in [-0.2, -0.15) is 0 Å². The van der Waals surface area contributed by atoms with Crippen LogP contribution in [0.5, 0.6) is 5.75 Å². The van der Waals surface area contributed by atoms with Gasteiger partial charge in [0, 0.05) is 20.1 Å². The first-order chi connectivity index (χ1) is 13.2. The molecule has 1 fully saturated rings. The number of likely N-dealkylation sites (tertiary alicyclic amines) is 1. The van der Waals surface area contributed by atoms with Crippen molar-refractivity contribution in [3.63, 3.8) is 0 Å². The molecule has 0 bridgehead atoms. The highest BCUT2D eigenvalue weighted by Crippen LogP contribution is 2.21. The molecule has 1 heterocycles. The lowest BCUT2D eigenvalue weighted by Crippen LogP contribution is -2.40. The van der Waals surface area contributed by atoms with Gasteiger partial charge in [-0.15, -0.1) is 0 Å². The second-order valence-electron chi connectivity index (χ2n) is 7.55. The molecule has 0 aromatic heterocycles. The largest absolute Gasteiger partial charge is 0.497 e. The van der Waals surface area contributed by atoms with Crippen molar-refractivity contribution in [1.29, 1.82) is 0 Å². The van der Waals surface area contributed by atoms with Gasteiger partial charge < -0.3 is 20.3 Å². The van der Waals surface area contributed by atoms with Crippen LogP contribution in [0.2, 0.25) is 0 Å². The van der Waals surface area contributed by atoms with E-state index in [-0.39, 0.29) is 0 Å². The number of methoxy groups -OCH3 is 1. The zero-order chi connectivity index (χ0) is 19.5. The van der Waals surface area contributed by atoms with Gasteiger partial charge in [0.15, 0.2) is 5.96 Å². The number of guanidine groups is 1. The average molecular weight is 375 g/mol. The zero-order valence-electron chi connectivity index (χ0n) is 17.6. The molecule has 27 heavy (non-hydrogen) atoms. The molecule has 1 saturated heterocycles. The quantitative estimate of drug-likeness (QED) is 0.513. The Labute approximate surface area is 165 Å². The summed E-state index contributed by atoms with van der Waals surface area (Å²) in [6.07, 6.45) is 4.98. The lowest BCUT2D eigenvalue weighted by molar-refractivity contribution is 0.187. The molecule has 0 aliphatic carbocycles. The van der Waals surface area contributed by atoms with E-state index in [1.165, 1.54) is 44.5 Å². The summed E-state index contributed by atoms with van der Waals surface area (Å²) in [4.78, 5) is 6.91. The van der Waals surface area contributed by atoms with Crippen LogP contribution in [-0.4, -0.2) is 57.7 Å². The van der Waals surface area contributed by atoms with Gasteiger partial charge in [0.1, 0.15) is 5.75 Å². The van der Waals surface area contributed by atoms with E-state index in [9.17, 15) is 0 Å². The molecule has 1 aliphatic heterocycles. The van der Waals surface area contributed by atoms with Gasteiger partial charge in [0.2, 0.25) is 0 Å². The van der Waals surface area contributed by atoms with Crippen molar-refractivity contribution < 1.29 is 4.74 Å². The van der Waals surface area contributed by atoms with Gasteiger partial charge in [0.25, 0.3) is 0 Å². The van der Waals surface area contributed by atoms with Crippen molar-refractivity contribution in [3.8, 4) is 5.75 Å². The van der Waals surface area contributed by atoms with Crippen LogP contribution in [0.1, 0.15) is 51.0 Å². The summed E-state index contributed by atoms with van der Waals surface area (Å²) >= 11 is 0. The van der Waals surface area contributed by atoms with Gasteiger partial charge in [-0.1, -0.05) is 26.0 Å². The smallest absolute Gasteiger partial charge is 0.190 e. The fourth-order valence-corrected chi connectivity index (χ4v) is 3.71. The van der Waals surface area contributed by atoms with Crippen LogP contribution in [0.15, 0.2) is 29.3 Å². The highest BCUT2D eigenvalue weighted by Gasteiger charge is 2.17. The molecule has 1 atom stereocenters. The Bertz CT molecular complexity index is 550. The van der Waals surface area contributed by atoms with Crippen LogP contribution in [0.3, 0.4) is 0 Å². The van der Waals surface area contributed by atoms with Crippen molar-refractivity contribution in [2.45, 2.75) is 45.4 Å². The number of nitrogens with zero attached hydrogens (tertiary/aromatic N) is 2. The SMILES string of the molecule is CCN1CCC(CCNC(=NC)NCCC(C)c2ccc(OC)cc2)CC1. The van der Waals surface area contributed by atoms with E-state index in [1.807, 2.05) is 19.2 Å². The molecule has 0 amide bonds. The maximum Gasteiger partial charge on any atom is 0.190 e. The minimum absolute atomic E-state index is 0.505. The molecule has 1 unspecified atom stereocenters. The fraction of sp³-hybridized carbons (Fsp3) is 0.682. The van der Waals surface area contributed by atoms with Crippen LogP contribution in [0.25, 0.3) is 0 Å². The van der Waals surface area contributed by atoms with Gasteiger partial charge in [-0.25, -0.2) is 0 Å². The minimum atomic E-state index is 0.505. The highest BCUT2D eigenvalue weighted by molar-refractivity contribution is 5.79. The van der Waals surface area contributed by atoms with E-state index in [4.69, 9.17) is 4.74 Å². The van der Waals surface area contributed by atoms with Crippen molar-refractivity contribution in [3.05, 3.63) is 29.8 Å². The number of aliphatic imine (C=N–C) groups is 1. The van der Waals surface area contributed by atoms with Gasteiger partial charge >= 0.3 is 0 Å². The molecule has 1 aliphatic rings. The third kappa shape index (κ3) is 7.41. The van der Waals surface area contributed by atoms with Crippen LogP contribution in [-0.2, 0) is 0 Å². The number of hydrogen-bond acceptors (Lipinski definition) is 3. The summed E-state index contributed by atoms with van der Waals surface area (Å²) in [7, 11) is 3.55. The highest BCUT2D eigenvalue weighted by atomic mass is 16.5. The maximum atomic E-state index is 5.23. The summed E-state index contributed by atoms with van der Waals surface area (Å²) in [5, 5.41) is 6.93. The van der Waals surface area contributed by atoms with Gasteiger partial charge in [-0.3, -0.25) is 4.99 Å². The molecule has 1 aromatic carbocycles. The summed E-state index contributed by atoms with van der Waals surface area (Å²) in [6, 6.07) is 8.37. The molecular formula is C22H38N4O. The summed E-state index contributed by atoms with van der Waals surface area (Å²) in [6.45, 7) is 10.2. The van der Waals surface area contributed by atoms with Crippen LogP contribution in [0.4, 0.5) is 0 Å². The topological polar surface area (TPSA) is 48.9 Å². The molecule has 0 radical (unpaired) electrons. The molecule has 0 saturated carbocycles. The van der Waals surface area contributed by atoms with Crippen molar-refractivity contribution in [2.24, 2.45) is 10.9 Å². The lowest BCUT2D eigenvalue weighted by atomic mass is 9.93. The lowest BCUT2D eigenvalue weighted by Gasteiger charge is -2.31. The number of nitrogens with one attached hydrogen (secondary N) is 2. The summed E-state index contributed by atoms with van der Waals surface area (Å²) < 4.78 is 5.23. The first-order valence-corrected chi connectivity index (χ1v) is 10.5. The molecular weight excluding hydrogens is 336 g/mol. The van der Waals surface area contributed by atoms with E-state index < -0.39 is 0 Å². The van der Waals surface area contributed by atoms with E-state index in [2.05, 4.69) is 46.5 Å². The summed E-state index contributed by atoms with van der Waals surface area (Å²) in [5.74, 6) is 3.19. The Morgan fingerprint density at radius 1 is 1.19 bits per heavy atom. The Balaban J connectivity index is 1.62. The number of rotatable bonds is 9. The third-order valence-electron chi connectivity index (χ3n) is 5.78. The minimum Gasteiger partial charge on any atom is -0.497 e. The van der Waals surface area contributed by atoms with Crippen LogP contribution < -0.4 is 15.4 Å². The molecule has 0 spiro atoms. The Kier molecular flexibility index (Phi) is 9.46. The number of benzene rings is 1. The molecule has 2 rings (SSSR count). The molecule has 152 valence electrons. The summed E-state index contributed by atoms with van der Waals surface area (Å²) in [5.41, 5.74) is 1.35. The van der Waals surface area contributed by atoms with E-state index in [1.54, 1.807) is 7.11 Å². The predicted molar refractivity (Wildman–Crippen MR) is 115 cm³/mol. The fourth-order valence-electron chi connectivity index (χ4n) is 3.71. The van der Waals surface area contributed by atoms with E-state index in [0.29, 0.717) is 5.92 Å². The second kappa shape index (κ2) is 11.9. The van der Waals surface area contributed by atoms with E-state index in [0.717, 1.165) is 37.1 Å². The Morgan fingerprint density at radius 3 is 2.44 bits per heavy atom. The Morgan fingerprint density at radius 2 is 1.85 bits per heavy atom. The van der Waals surface area contributed by atoms with Crippen LogP contribution in [0, 0.1) is 5.92 Å². The average Bonchev–Trinajstić information content (AvgIpc) is 2.73. The third-order valence-corrected chi connectivity index (χ3v) is 5.78. The standard InChI is InChI=1S/C22H38N4O/c1-5-26-16-12-19(13-17-26)11-15-25-22(23-3)24-14-10-18(2)20-6-8-21(27-4)9-7-20/h6-9,18-19H,5,10-17H2,1-4H3,(H2,23,24,25). The molecule has 1 aromatic rings. The Hall–Kier alpha value is -1.75. The maximum absolute atomic E-state index is 5.23.